The highest BCUT2D eigenvalue weighted by Crippen LogP contribution is 2.34. The number of piperidine rings is 1. The molecule has 0 atom stereocenters. The normalized spacial score (nSPS) is 14.8. The highest BCUT2D eigenvalue weighted by atomic mass is 19.1. The van der Waals surface area contributed by atoms with Crippen LogP contribution in [-0.4, -0.2) is 45.6 Å². The van der Waals surface area contributed by atoms with Gasteiger partial charge in [0.25, 0.3) is 5.56 Å². The van der Waals surface area contributed by atoms with Gasteiger partial charge in [-0.15, -0.1) is 0 Å². The first-order valence-electron chi connectivity index (χ1n) is 13.9. The number of H-pyrrole nitrogens is 1. The van der Waals surface area contributed by atoms with Crippen molar-refractivity contribution in [2.24, 2.45) is 0 Å². The Morgan fingerprint density at radius 2 is 1.75 bits per heavy atom. The van der Waals surface area contributed by atoms with Crippen molar-refractivity contribution in [1.29, 1.82) is 0 Å². The van der Waals surface area contributed by atoms with E-state index in [1.165, 1.54) is 16.2 Å². The minimum Gasteiger partial charge on any atom is -0.496 e. The number of halogens is 1. The fourth-order valence-corrected chi connectivity index (χ4v) is 6.10. The van der Waals surface area contributed by atoms with E-state index >= 15 is 0 Å². The molecule has 40 heavy (non-hydrogen) atoms. The molecule has 1 N–H and O–H groups in total. The molecule has 0 radical (unpaired) electrons. The summed E-state index contributed by atoms with van der Waals surface area (Å²) in [4.78, 5) is 32.7. The van der Waals surface area contributed by atoms with E-state index in [0.717, 1.165) is 56.2 Å². The van der Waals surface area contributed by atoms with Crippen LogP contribution in [0, 0.1) is 5.82 Å². The van der Waals surface area contributed by atoms with E-state index in [-0.39, 0.29) is 17.1 Å². The number of rotatable bonds is 8. The fourth-order valence-electron chi connectivity index (χ4n) is 6.10. The van der Waals surface area contributed by atoms with E-state index in [1.807, 2.05) is 36.5 Å². The quantitative estimate of drug-likeness (QED) is 0.267. The molecule has 2 aromatic carbocycles. The van der Waals surface area contributed by atoms with Crippen LogP contribution in [0.3, 0.4) is 0 Å². The van der Waals surface area contributed by atoms with E-state index in [4.69, 9.17) is 4.74 Å². The van der Waals surface area contributed by atoms with Crippen molar-refractivity contribution in [1.82, 2.24) is 18.9 Å². The fraction of sp³-hybridized carbons (Fsp3) is 0.312. The van der Waals surface area contributed by atoms with Crippen molar-refractivity contribution in [3.05, 3.63) is 105 Å². The second kappa shape index (κ2) is 11.1. The lowest BCUT2D eigenvalue weighted by atomic mass is 9.89. The lowest BCUT2D eigenvalue weighted by Gasteiger charge is -2.32. The van der Waals surface area contributed by atoms with Gasteiger partial charge in [0.1, 0.15) is 11.6 Å². The first-order chi connectivity index (χ1) is 19.5. The van der Waals surface area contributed by atoms with Crippen molar-refractivity contribution in [2.75, 3.05) is 26.7 Å². The van der Waals surface area contributed by atoms with Crippen molar-refractivity contribution in [2.45, 2.75) is 38.1 Å². The lowest BCUT2D eigenvalue weighted by Crippen LogP contribution is -2.39. The highest BCUT2D eigenvalue weighted by molar-refractivity contribution is 5.84. The number of likely N-dealkylation sites (tertiary alicyclic amines) is 1. The van der Waals surface area contributed by atoms with Crippen molar-refractivity contribution in [3.8, 4) is 16.9 Å². The highest BCUT2D eigenvalue weighted by Gasteiger charge is 2.23. The molecule has 0 spiro atoms. The smallest absolute Gasteiger partial charge is 0.335 e. The number of aromatic amines is 1. The molecule has 6 rings (SSSR count). The Kier molecular flexibility index (Phi) is 7.26. The number of benzene rings is 2. The molecule has 0 aliphatic carbocycles. The molecule has 1 fully saturated rings. The Balaban J connectivity index is 1.13. The van der Waals surface area contributed by atoms with Crippen LogP contribution in [0.2, 0.25) is 0 Å². The lowest BCUT2D eigenvalue weighted by molar-refractivity contribution is 0.208. The molecule has 8 heteroatoms. The van der Waals surface area contributed by atoms with Crippen molar-refractivity contribution >= 4 is 16.4 Å². The topological polar surface area (TPSA) is 71.7 Å². The van der Waals surface area contributed by atoms with Gasteiger partial charge >= 0.3 is 5.69 Å². The second-order valence-corrected chi connectivity index (χ2v) is 10.5. The Bertz CT molecular complexity index is 1780. The summed E-state index contributed by atoms with van der Waals surface area (Å²) in [5.74, 6) is 0.805. The van der Waals surface area contributed by atoms with Crippen molar-refractivity contribution in [3.63, 3.8) is 0 Å². The standard InChI is InChI=1S/C32H33FN4O3/c1-40-29-10-3-2-8-24(29)30-28-9-4-5-16-36(28)32(39)37(31(30)38)17-7-6-15-35-18-13-22(14-19-35)26-21-34-27-12-11-23(33)20-25(26)27/h2-5,8-12,16,20-22,34H,6-7,13-15,17-19H2,1H3. The van der Waals surface area contributed by atoms with E-state index in [0.29, 0.717) is 34.9 Å². The van der Waals surface area contributed by atoms with E-state index in [1.54, 1.807) is 42.0 Å². The first kappa shape index (κ1) is 26.1. The number of aromatic nitrogens is 3. The Morgan fingerprint density at radius 1 is 0.975 bits per heavy atom. The van der Waals surface area contributed by atoms with Gasteiger partial charge in [-0.3, -0.25) is 13.8 Å². The number of pyridine rings is 1. The van der Waals surface area contributed by atoms with Gasteiger partial charge in [-0.05, 0) is 93.2 Å². The van der Waals surface area contributed by atoms with E-state index in [9.17, 15) is 14.0 Å². The van der Waals surface area contributed by atoms with Crippen LogP contribution in [0.4, 0.5) is 4.39 Å². The maximum atomic E-state index is 13.8. The summed E-state index contributed by atoms with van der Waals surface area (Å²) in [5, 5.41) is 0.984. The first-order valence-corrected chi connectivity index (χ1v) is 13.9. The summed E-state index contributed by atoms with van der Waals surface area (Å²) in [6.45, 7) is 3.22. The Morgan fingerprint density at radius 3 is 2.58 bits per heavy atom. The van der Waals surface area contributed by atoms with Crippen LogP contribution in [0.25, 0.3) is 27.5 Å². The van der Waals surface area contributed by atoms with Crippen molar-refractivity contribution < 1.29 is 9.13 Å². The molecule has 1 saturated heterocycles. The summed E-state index contributed by atoms with van der Waals surface area (Å²) < 4.78 is 22.3. The van der Waals surface area contributed by atoms with Gasteiger partial charge in [0.15, 0.2) is 0 Å². The summed E-state index contributed by atoms with van der Waals surface area (Å²) in [6.07, 6.45) is 7.40. The second-order valence-electron chi connectivity index (χ2n) is 10.5. The maximum Gasteiger partial charge on any atom is 0.335 e. The number of fused-ring (bicyclic) bond motifs is 2. The van der Waals surface area contributed by atoms with Crippen LogP contribution >= 0.6 is 0 Å². The molecule has 7 nitrogen and oxygen atoms in total. The number of hydrogen-bond donors (Lipinski definition) is 1. The molecule has 206 valence electrons. The molecule has 1 aliphatic heterocycles. The largest absolute Gasteiger partial charge is 0.496 e. The van der Waals surface area contributed by atoms with Gasteiger partial charge in [-0.2, -0.15) is 0 Å². The summed E-state index contributed by atoms with van der Waals surface area (Å²) >= 11 is 0. The van der Waals surface area contributed by atoms with Crippen LogP contribution in [0.1, 0.15) is 37.2 Å². The molecule has 0 saturated carbocycles. The predicted molar refractivity (Wildman–Crippen MR) is 156 cm³/mol. The molecule has 1 aliphatic rings. The van der Waals surface area contributed by atoms with Crippen LogP contribution in [0.15, 0.2) is 82.6 Å². The molecule has 5 aromatic rings. The van der Waals surface area contributed by atoms with Crippen LogP contribution in [0.5, 0.6) is 5.75 Å². The number of ether oxygens (including phenoxy) is 1. The monoisotopic (exact) mass is 540 g/mol. The number of hydrogen-bond acceptors (Lipinski definition) is 4. The number of nitrogens with zero attached hydrogens (tertiary/aromatic N) is 3. The number of para-hydroxylation sites is 1. The summed E-state index contributed by atoms with van der Waals surface area (Å²) in [5.41, 5.74) is 3.28. The number of methoxy groups -OCH3 is 1. The third-order valence-electron chi connectivity index (χ3n) is 8.20. The van der Waals surface area contributed by atoms with E-state index < -0.39 is 0 Å². The Hall–Kier alpha value is -4.17. The van der Waals surface area contributed by atoms with Crippen LogP contribution in [-0.2, 0) is 6.54 Å². The van der Waals surface area contributed by atoms with Gasteiger partial charge < -0.3 is 14.6 Å². The number of nitrogens with one attached hydrogen (secondary N) is 1. The van der Waals surface area contributed by atoms with Crippen LogP contribution < -0.4 is 16.0 Å². The number of unbranched alkanes of at least 4 members (excludes halogenated alkanes) is 1. The average molecular weight is 541 g/mol. The zero-order valence-corrected chi connectivity index (χ0v) is 22.6. The van der Waals surface area contributed by atoms with Gasteiger partial charge in [-0.25, -0.2) is 9.18 Å². The van der Waals surface area contributed by atoms with Gasteiger partial charge in [0.2, 0.25) is 0 Å². The SMILES string of the molecule is COc1ccccc1-c1c(=O)n(CCCCN2CCC(c3c[nH]c4ccc(F)cc34)CC2)c(=O)n2ccccc12. The zero-order valence-electron chi connectivity index (χ0n) is 22.6. The summed E-state index contributed by atoms with van der Waals surface area (Å²) in [7, 11) is 1.58. The molecule has 0 unspecified atom stereocenters. The molecule has 3 aromatic heterocycles. The molecular weight excluding hydrogens is 507 g/mol. The molecule has 0 bridgehead atoms. The Labute approximate surface area is 231 Å². The predicted octanol–water partition coefficient (Wildman–Crippen LogP) is 5.42. The van der Waals surface area contributed by atoms with Gasteiger partial charge in [0.05, 0.1) is 18.2 Å². The van der Waals surface area contributed by atoms with E-state index in [2.05, 4.69) is 9.88 Å². The molecule has 0 amide bonds. The summed E-state index contributed by atoms with van der Waals surface area (Å²) in [6, 6.07) is 17.8. The minimum atomic E-state index is -0.324. The van der Waals surface area contributed by atoms with Gasteiger partial charge in [-0.1, -0.05) is 24.3 Å². The average Bonchev–Trinajstić information content (AvgIpc) is 3.40. The molecular formula is C32H33FN4O3. The maximum absolute atomic E-state index is 13.8. The third kappa shape index (κ3) is 4.84. The third-order valence-corrected chi connectivity index (χ3v) is 8.20. The van der Waals surface area contributed by atoms with Gasteiger partial charge in [0, 0.05) is 35.4 Å². The zero-order chi connectivity index (χ0) is 27.6. The molecule has 4 heterocycles. The minimum absolute atomic E-state index is 0.203.